The second-order valence-corrected chi connectivity index (χ2v) is 5.54. The Labute approximate surface area is 118 Å². The zero-order chi connectivity index (χ0) is 14.0. The summed E-state index contributed by atoms with van der Waals surface area (Å²) in [5, 5.41) is 0.293. The minimum Gasteiger partial charge on any atom is -0.397 e. The molecule has 19 heavy (non-hydrogen) atoms. The van der Waals surface area contributed by atoms with Crippen LogP contribution in [0.15, 0.2) is 12.3 Å². The van der Waals surface area contributed by atoms with Crippen LogP contribution in [0.2, 0.25) is 5.15 Å². The Morgan fingerprint density at radius 1 is 1.63 bits per heavy atom. The maximum atomic E-state index is 12.6. The van der Waals surface area contributed by atoms with Crippen LogP contribution in [0, 0.1) is 0 Å². The number of hydrogen-bond donors (Lipinski definition) is 1. The second kappa shape index (κ2) is 5.75. The number of halogens is 1. The van der Waals surface area contributed by atoms with Gasteiger partial charge in [0.1, 0.15) is 5.15 Å². The molecule has 1 atom stereocenters. The Hall–Kier alpha value is -1.33. The number of nitrogen functional groups attached to an aromatic ring is 1. The minimum atomic E-state index is -0.0499. The molecule has 6 heteroatoms. The molecule has 104 valence electrons. The third-order valence-corrected chi connectivity index (χ3v) is 3.55. The van der Waals surface area contributed by atoms with E-state index in [1.165, 1.54) is 6.20 Å². The lowest BCUT2D eigenvalue weighted by Gasteiger charge is -2.27. The van der Waals surface area contributed by atoms with E-state index in [0.29, 0.717) is 16.4 Å². The van der Waals surface area contributed by atoms with Crippen LogP contribution in [0.25, 0.3) is 0 Å². The molecule has 2 heterocycles. The van der Waals surface area contributed by atoms with E-state index in [2.05, 4.69) is 9.88 Å². The number of carbonyl (C=O) groups excluding carboxylic acids is 1. The summed E-state index contributed by atoms with van der Waals surface area (Å²) in [6.45, 7) is 1.64. The fourth-order valence-electron chi connectivity index (χ4n) is 2.49. The van der Waals surface area contributed by atoms with Crippen molar-refractivity contribution in [3.8, 4) is 0 Å². The number of hydrogen-bond acceptors (Lipinski definition) is 4. The van der Waals surface area contributed by atoms with Crippen molar-refractivity contribution in [1.82, 2.24) is 14.8 Å². The summed E-state index contributed by atoms with van der Waals surface area (Å²) >= 11 is 5.84. The standard InChI is InChI=1S/C13H19ClN4O/c1-17(2)8-9-4-3-5-18(9)13(19)10-6-12(14)16-7-11(10)15/h6-7,9H,3-5,8,15H2,1-2H3. The van der Waals surface area contributed by atoms with Crippen LogP contribution in [0.5, 0.6) is 0 Å². The van der Waals surface area contributed by atoms with Crippen molar-refractivity contribution in [2.45, 2.75) is 18.9 Å². The Kier molecular flexibility index (Phi) is 4.27. The maximum Gasteiger partial charge on any atom is 0.256 e. The Balaban J connectivity index is 2.20. The van der Waals surface area contributed by atoms with E-state index in [1.807, 2.05) is 19.0 Å². The number of rotatable bonds is 3. The Bertz CT molecular complexity index is 478. The molecule has 1 unspecified atom stereocenters. The van der Waals surface area contributed by atoms with Gasteiger partial charge < -0.3 is 15.5 Å². The maximum absolute atomic E-state index is 12.6. The Morgan fingerprint density at radius 2 is 2.37 bits per heavy atom. The molecule has 2 rings (SSSR count). The normalized spacial score (nSPS) is 19.2. The first-order valence-corrected chi connectivity index (χ1v) is 6.73. The molecule has 0 saturated carbocycles. The van der Waals surface area contributed by atoms with Crippen molar-refractivity contribution in [2.75, 3.05) is 32.9 Å². The highest BCUT2D eigenvalue weighted by Crippen LogP contribution is 2.24. The van der Waals surface area contributed by atoms with E-state index in [1.54, 1.807) is 6.07 Å². The van der Waals surface area contributed by atoms with Crippen molar-refractivity contribution in [3.63, 3.8) is 0 Å². The Morgan fingerprint density at radius 3 is 3.05 bits per heavy atom. The highest BCUT2D eigenvalue weighted by Gasteiger charge is 2.30. The predicted octanol–water partition coefficient (Wildman–Crippen LogP) is 1.48. The van der Waals surface area contributed by atoms with Crippen molar-refractivity contribution in [1.29, 1.82) is 0 Å². The van der Waals surface area contributed by atoms with Gasteiger partial charge in [-0.3, -0.25) is 4.79 Å². The van der Waals surface area contributed by atoms with Crippen LogP contribution in [0.4, 0.5) is 5.69 Å². The molecule has 0 radical (unpaired) electrons. The SMILES string of the molecule is CN(C)CC1CCCN1C(=O)c1cc(Cl)ncc1N. The van der Waals surface area contributed by atoms with Crippen molar-refractivity contribution >= 4 is 23.2 Å². The van der Waals surface area contributed by atoms with Gasteiger partial charge in [0.2, 0.25) is 0 Å². The number of amides is 1. The van der Waals surface area contributed by atoms with Gasteiger partial charge >= 0.3 is 0 Å². The molecule has 1 fully saturated rings. The van der Waals surface area contributed by atoms with Gasteiger partial charge in [0.05, 0.1) is 17.4 Å². The number of carbonyl (C=O) groups is 1. The number of nitrogens with zero attached hydrogens (tertiary/aromatic N) is 3. The lowest BCUT2D eigenvalue weighted by Crippen LogP contribution is -2.41. The number of likely N-dealkylation sites (tertiary alicyclic amines) is 1. The number of nitrogens with two attached hydrogens (primary N) is 1. The fourth-order valence-corrected chi connectivity index (χ4v) is 2.65. The first kappa shape index (κ1) is 14.1. The van der Waals surface area contributed by atoms with Crippen LogP contribution in [-0.4, -0.2) is 53.9 Å². The van der Waals surface area contributed by atoms with Crippen LogP contribution in [0.3, 0.4) is 0 Å². The van der Waals surface area contributed by atoms with Gasteiger partial charge in [-0.15, -0.1) is 0 Å². The van der Waals surface area contributed by atoms with E-state index >= 15 is 0 Å². The van der Waals surface area contributed by atoms with E-state index in [4.69, 9.17) is 17.3 Å². The lowest BCUT2D eigenvalue weighted by molar-refractivity contribution is 0.0717. The molecule has 1 aromatic rings. The number of aromatic nitrogens is 1. The third kappa shape index (κ3) is 3.16. The zero-order valence-corrected chi connectivity index (χ0v) is 12.0. The molecule has 0 aromatic carbocycles. The van der Waals surface area contributed by atoms with Gasteiger partial charge in [0.25, 0.3) is 5.91 Å². The fraction of sp³-hybridized carbons (Fsp3) is 0.538. The van der Waals surface area contributed by atoms with Crippen molar-refractivity contribution in [3.05, 3.63) is 23.0 Å². The zero-order valence-electron chi connectivity index (χ0n) is 11.3. The van der Waals surface area contributed by atoms with Gasteiger partial charge in [-0.25, -0.2) is 4.98 Å². The average molecular weight is 283 g/mol. The van der Waals surface area contributed by atoms with Crippen LogP contribution in [0.1, 0.15) is 23.2 Å². The molecular formula is C13H19ClN4O. The monoisotopic (exact) mass is 282 g/mol. The topological polar surface area (TPSA) is 62.5 Å². The van der Waals surface area contributed by atoms with Gasteiger partial charge in [-0.1, -0.05) is 11.6 Å². The van der Waals surface area contributed by atoms with Gasteiger partial charge in [-0.2, -0.15) is 0 Å². The molecule has 5 nitrogen and oxygen atoms in total. The van der Waals surface area contributed by atoms with Gasteiger partial charge in [0, 0.05) is 19.1 Å². The molecular weight excluding hydrogens is 264 g/mol. The summed E-state index contributed by atoms with van der Waals surface area (Å²) < 4.78 is 0. The predicted molar refractivity (Wildman–Crippen MR) is 76.3 cm³/mol. The van der Waals surface area contributed by atoms with Crippen LogP contribution >= 0.6 is 11.6 Å². The average Bonchev–Trinajstić information content (AvgIpc) is 2.78. The molecule has 1 aliphatic rings. The van der Waals surface area contributed by atoms with Crippen LogP contribution in [-0.2, 0) is 0 Å². The molecule has 1 aromatic heterocycles. The summed E-state index contributed by atoms with van der Waals surface area (Å²) in [5.74, 6) is -0.0499. The lowest BCUT2D eigenvalue weighted by atomic mass is 10.1. The molecule has 1 amide bonds. The minimum absolute atomic E-state index is 0.0499. The van der Waals surface area contributed by atoms with Crippen molar-refractivity contribution < 1.29 is 4.79 Å². The quantitative estimate of drug-likeness (QED) is 0.853. The largest absolute Gasteiger partial charge is 0.397 e. The molecule has 2 N–H and O–H groups in total. The third-order valence-electron chi connectivity index (χ3n) is 3.35. The highest BCUT2D eigenvalue weighted by atomic mass is 35.5. The van der Waals surface area contributed by atoms with Crippen molar-refractivity contribution in [2.24, 2.45) is 0 Å². The van der Waals surface area contributed by atoms with E-state index < -0.39 is 0 Å². The first-order valence-electron chi connectivity index (χ1n) is 6.35. The summed E-state index contributed by atoms with van der Waals surface area (Å²) in [4.78, 5) is 20.4. The number of likely N-dealkylation sites (N-methyl/N-ethyl adjacent to an activating group) is 1. The summed E-state index contributed by atoms with van der Waals surface area (Å²) in [7, 11) is 4.03. The molecule has 0 spiro atoms. The molecule has 1 aliphatic heterocycles. The first-order chi connectivity index (χ1) is 8.99. The highest BCUT2D eigenvalue weighted by molar-refractivity contribution is 6.29. The smallest absolute Gasteiger partial charge is 0.256 e. The molecule has 0 aliphatic carbocycles. The molecule has 0 bridgehead atoms. The number of anilines is 1. The number of pyridine rings is 1. The summed E-state index contributed by atoms with van der Waals surface area (Å²) in [6.07, 6.45) is 3.50. The summed E-state index contributed by atoms with van der Waals surface area (Å²) in [6, 6.07) is 1.79. The van der Waals surface area contributed by atoms with Crippen LogP contribution < -0.4 is 5.73 Å². The van der Waals surface area contributed by atoms with E-state index in [-0.39, 0.29) is 11.9 Å². The second-order valence-electron chi connectivity index (χ2n) is 5.15. The van der Waals surface area contributed by atoms with Gasteiger partial charge in [-0.05, 0) is 33.0 Å². The van der Waals surface area contributed by atoms with E-state index in [9.17, 15) is 4.79 Å². The van der Waals surface area contributed by atoms with Gasteiger partial charge in [0.15, 0.2) is 0 Å². The summed E-state index contributed by atoms with van der Waals surface area (Å²) in [5.41, 5.74) is 6.65. The van der Waals surface area contributed by atoms with E-state index in [0.717, 1.165) is 25.9 Å². The molecule has 1 saturated heterocycles.